The number of rotatable bonds is 4. The van der Waals surface area contributed by atoms with Gasteiger partial charge >= 0.3 is 12.1 Å². The first-order chi connectivity index (χ1) is 9.79. The zero-order chi connectivity index (χ0) is 15.6. The molecule has 0 N–H and O–H groups in total. The molecule has 2 aromatic heterocycles. The maximum atomic E-state index is 12.5. The highest BCUT2D eigenvalue weighted by Crippen LogP contribution is 2.28. The molecular formula is C11H11F3N4O3. The van der Waals surface area contributed by atoms with Gasteiger partial charge in [-0.2, -0.15) is 18.3 Å². The second-order valence-corrected chi connectivity index (χ2v) is 4.17. The van der Waals surface area contributed by atoms with Gasteiger partial charge < -0.3 is 9.15 Å². The van der Waals surface area contributed by atoms with Crippen molar-refractivity contribution in [1.82, 2.24) is 20.0 Å². The van der Waals surface area contributed by atoms with E-state index >= 15 is 0 Å². The quantitative estimate of drug-likeness (QED) is 0.793. The minimum absolute atomic E-state index is 0.0257. The zero-order valence-electron chi connectivity index (χ0n) is 11.1. The van der Waals surface area contributed by atoms with Crippen LogP contribution in [0, 0.1) is 6.92 Å². The van der Waals surface area contributed by atoms with E-state index in [0.717, 1.165) is 10.7 Å². The first-order valence-electron chi connectivity index (χ1n) is 5.79. The van der Waals surface area contributed by atoms with Crippen LogP contribution in [0.1, 0.15) is 23.2 Å². The lowest BCUT2D eigenvalue weighted by atomic mass is 10.4. The van der Waals surface area contributed by atoms with Crippen LogP contribution in [-0.2, 0) is 28.7 Å². The molecule has 0 saturated carbocycles. The SMILES string of the molecule is COC(=O)Cc1nnc(Cn2nc(C(F)(F)F)cc2C)o1. The monoisotopic (exact) mass is 304 g/mol. The molecule has 21 heavy (non-hydrogen) atoms. The van der Waals surface area contributed by atoms with Gasteiger partial charge in [-0.25, -0.2) is 0 Å². The summed E-state index contributed by atoms with van der Waals surface area (Å²) in [6, 6.07) is 0.922. The van der Waals surface area contributed by atoms with Crippen molar-refractivity contribution >= 4 is 5.97 Å². The number of carbonyl (C=O) groups excluding carboxylic acids is 1. The summed E-state index contributed by atoms with van der Waals surface area (Å²) in [7, 11) is 1.21. The maximum absolute atomic E-state index is 12.5. The lowest BCUT2D eigenvalue weighted by molar-refractivity contribution is -0.142. The lowest BCUT2D eigenvalue weighted by Gasteiger charge is -2.01. The Morgan fingerprint density at radius 2 is 2.05 bits per heavy atom. The first-order valence-corrected chi connectivity index (χ1v) is 5.79. The van der Waals surface area contributed by atoms with E-state index in [1.54, 1.807) is 0 Å². The molecule has 0 spiro atoms. The van der Waals surface area contributed by atoms with E-state index in [1.165, 1.54) is 14.0 Å². The molecule has 0 amide bonds. The number of methoxy groups -OCH3 is 1. The normalized spacial score (nSPS) is 11.7. The lowest BCUT2D eigenvalue weighted by Crippen LogP contribution is -2.09. The van der Waals surface area contributed by atoms with E-state index in [-0.39, 0.29) is 24.7 Å². The van der Waals surface area contributed by atoms with Crippen molar-refractivity contribution in [3.63, 3.8) is 0 Å². The van der Waals surface area contributed by atoms with Gasteiger partial charge in [0.2, 0.25) is 11.8 Å². The molecule has 10 heteroatoms. The summed E-state index contributed by atoms with van der Waals surface area (Å²) < 4.78 is 48.3. The van der Waals surface area contributed by atoms with Crippen LogP contribution in [0.25, 0.3) is 0 Å². The number of hydrogen-bond acceptors (Lipinski definition) is 6. The molecule has 2 heterocycles. The Labute approximate surface area is 116 Å². The summed E-state index contributed by atoms with van der Waals surface area (Å²) in [6.07, 6.45) is -4.71. The van der Waals surface area contributed by atoms with E-state index in [0.29, 0.717) is 5.69 Å². The Kier molecular flexibility index (Phi) is 3.96. The number of carbonyl (C=O) groups is 1. The molecule has 0 aliphatic rings. The van der Waals surface area contributed by atoms with Crippen LogP contribution in [0.3, 0.4) is 0 Å². The van der Waals surface area contributed by atoms with Crippen LogP contribution >= 0.6 is 0 Å². The molecule has 0 radical (unpaired) electrons. The number of aryl methyl sites for hydroxylation is 1. The van der Waals surface area contributed by atoms with Gasteiger partial charge in [0.25, 0.3) is 0 Å². The summed E-state index contributed by atoms with van der Waals surface area (Å²) in [4.78, 5) is 11.0. The molecule has 0 saturated heterocycles. The third-order valence-electron chi connectivity index (χ3n) is 2.59. The third-order valence-corrected chi connectivity index (χ3v) is 2.59. The number of ether oxygens (including phenoxy) is 1. The van der Waals surface area contributed by atoms with E-state index < -0.39 is 17.8 Å². The van der Waals surface area contributed by atoms with E-state index in [2.05, 4.69) is 20.0 Å². The van der Waals surface area contributed by atoms with Crippen molar-refractivity contribution in [2.45, 2.75) is 26.1 Å². The molecule has 7 nitrogen and oxygen atoms in total. The van der Waals surface area contributed by atoms with Gasteiger partial charge in [0.05, 0.1) is 7.11 Å². The third kappa shape index (κ3) is 3.58. The Hall–Kier alpha value is -2.39. The average Bonchev–Trinajstić information content (AvgIpc) is 2.97. The largest absolute Gasteiger partial charge is 0.469 e. The van der Waals surface area contributed by atoms with Crippen LogP contribution in [0.5, 0.6) is 0 Å². The molecule has 2 rings (SSSR count). The van der Waals surface area contributed by atoms with Crippen LogP contribution in [0.15, 0.2) is 10.5 Å². The van der Waals surface area contributed by atoms with Gasteiger partial charge in [0.15, 0.2) is 5.69 Å². The molecule has 114 valence electrons. The number of alkyl halides is 3. The topological polar surface area (TPSA) is 83.0 Å². The first kappa shape index (κ1) is 15.0. The molecule has 0 fully saturated rings. The standard InChI is InChI=1S/C11H11F3N4O3/c1-6-3-7(11(12,13)14)17-18(6)5-9-16-15-8(21-9)4-10(19)20-2/h3H,4-5H2,1-2H3. The second-order valence-electron chi connectivity index (χ2n) is 4.17. The molecule has 0 aliphatic heterocycles. The fourth-order valence-electron chi connectivity index (χ4n) is 1.56. The highest BCUT2D eigenvalue weighted by atomic mass is 19.4. The molecule has 2 aromatic rings. The summed E-state index contributed by atoms with van der Waals surface area (Å²) in [5.41, 5.74) is -0.690. The van der Waals surface area contributed by atoms with Gasteiger partial charge in [-0.15, -0.1) is 10.2 Å². The molecule has 0 bridgehead atoms. The summed E-state index contributed by atoms with van der Waals surface area (Å²) in [6.45, 7) is 1.37. The molecule has 0 aliphatic carbocycles. The Morgan fingerprint density at radius 1 is 1.38 bits per heavy atom. The number of halogens is 3. The highest BCUT2D eigenvalue weighted by molar-refractivity contribution is 5.70. The Balaban J connectivity index is 2.12. The van der Waals surface area contributed by atoms with Gasteiger partial charge in [-0.3, -0.25) is 9.48 Å². The van der Waals surface area contributed by atoms with Gasteiger partial charge in [0.1, 0.15) is 13.0 Å². The van der Waals surface area contributed by atoms with E-state index in [4.69, 9.17) is 4.42 Å². The number of hydrogen-bond donors (Lipinski definition) is 0. The van der Waals surface area contributed by atoms with Gasteiger partial charge in [-0.1, -0.05) is 0 Å². The predicted octanol–water partition coefficient (Wildman–Crippen LogP) is 1.36. The number of esters is 1. The van der Waals surface area contributed by atoms with Crippen molar-refractivity contribution in [2.75, 3.05) is 7.11 Å². The molecule has 0 unspecified atom stereocenters. The Bertz CT molecular complexity index is 647. The fourth-order valence-corrected chi connectivity index (χ4v) is 1.56. The minimum atomic E-state index is -4.51. The smallest absolute Gasteiger partial charge is 0.435 e. The molecule has 0 atom stereocenters. The summed E-state index contributed by atoms with van der Waals surface area (Å²) >= 11 is 0. The Morgan fingerprint density at radius 3 is 2.62 bits per heavy atom. The van der Waals surface area contributed by atoms with Gasteiger partial charge in [0, 0.05) is 5.69 Å². The average molecular weight is 304 g/mol. The van der Waals surface area contributed by atoms with Crippen LogP contribution < -0.4 is 0 Å². The minimum Gasteiger partial charge on any atom is -0.469 e. The maximum Gasteiger partial charge on any atom is 0.435 e. The van der Waals surface area contributed by atoms with Crippen LogP contribution in [0.2, 0.25) is 0 Å². The highest BCUT2D eigenvalue weighted by Gasteiger charge is 2.34. The fraction of sp³-hybridized carbons (Fsp3) is 0.455. The van der Waals surface area contributed by atoms with Crippen molar-refractivity contribution in [3.05, 3.63) is 29.2 Å². The zero-order valence-corrected chi connectivity index (χ0v) is 11.1. The van der Waals surface area contributed by atoms with Gasteiger partial charge in [-0.05, 0) is 13.0 Å². The molecule has 0 aromatic carbocycles. The summed E-state index contributed by atoms with van der Waals surface area (Å²) in [5.74, 6) is -0.480. The molecular weight excluding hydrogens is 293 g/mol. The van der Waals surface area contributed by atoms with E-state index in [9.17, 15) is 18.0 Å². The van der Waals surface area contributed by atoms with Crippen LogP contribution in [-0.4, -0.2) is 33.1 Å². The van der Waals surface area contributed by atoms with Crippen LogP contribution in [0.4, 0.5) is 13.2 Å². The second kappa shape index (κ2) is 5.54. The van der Waals surface area contributed by atoms with Crippen molar-refractivity contribution in [1.29, 1.82) is 0 Å². The van der Waals surface area contributed by atoms with Crippen molar-refractivity contribution in [2.24, 2.45) is 0 Å². The predicted molar refractivity (Wildman–Crippen MR) is 61.1 cm³/mol. The summed E-state index contributed by atoms with van der Waals surface area (Å²) in [5, 5.41) is 10.7. The van der Waals surface area contributed by atoms with Crippen molar-refractivity contribution < 1.29 is 27.1 Å². The number of nitrogens with zero attached hydrogens (tertiary/aromatic N) is 4. The van der Waals surface area contributed by atoms with Crippen molar-refractivity contribution in [3.8, 4) is 0 Å². The number of aromatic nitrogens is 4. The van der Waals surface area contributed by atoms with E-state index in [1.807, 2.05) is 0 Å².